The molecule has 0 saturated heterocycles. The molecule has 3 N–H and O–H groups in total. The molecule has 9 heteroatoms. The van der Waals surface area contributed by atoms with Crippen molar-refractivity contribution in [2.75, 3.05) is 24.2 Å². The minimum Gasteiger partial charge on any atom is -0.446 e. The van der Waals surface area contributed by atoms with E-state index in [0.717, 1.165) is 30.0 Å². The monoisotopic (exact) mass is 418 g/mol. The Labute approximate surface area is 178 Å². The average molecular weight is 418 g/mol. The molecule has 0 fully saturated rings. The Kier molecular flexibility index (Phi) is 4.39. The second kappa shape index (κ2) is 7.12. The Hall–Kier alpha value is -3.88. The molecule has 31 heavy (non-hydrogen) atoms. The fourth-order valence-corrected chi connectivity index (χ4v) is 3.91. The van der Waals surface area contributed by atoms with Crippen LogP contribution in [0, 0.1) is 18.2 Å². The van der Waals surface area contributed by atoms with Crippen LogP contribution in [0.2, 0.25) is 0 Å². The van der Waals surface area contributed by atoms with Crippen molar-refractivity contribution in [3.8, 4) is 0 Å². The van der Waals surface area contributed by atoms with Crippen LogP contribution < -0.4 is 10.6 Å². The van der Waals surface area contributed by atoms with Crippen molar-refractivity contribution in [1.29, 1.82) is 5.41 Å². The number of oxazole rings is 1. The zero-order valence-corrected chi connectivity index (χ0v) is 17.2. The molecule has 2 aliphatic heterocycles. The van der Waals surface area contributed by atoms with E-state index in [1.165, 1.54) is 12.4 Å². The fraction of sp³-hybridized carbons (Fsp3) is 0.227. The molecule has 0 amide bonds. The number of aromatic nitrogens is 3. The highest BCUT2D eigenvalue weighted by atomic mass is 19.1. The molecule has 2 aliphatic rings. The van der Waals surface area contributed by atoms with Crippen LogP contribution in [0.25, 0.3) is 5.57 Å². The highest BCUT2D eigenvalue weighted by Gasteiger charge is 2.24. The highest BCUT2D eigenvalue weighted by Crippen LogP contribution is 2.28. The van der Waals surface area contributed by atoms with E-state index in [9.17, 15) is 4.39 Å². The van der Waals surface area contributed by atoms with Crippen LogP contribution in [0.15, 0.2) is 35.1 Å². The van der Waals surface area contributed by atoms with Gasteiger partial charge in [-0.1, -0.05) is 0 Å². The Bertz CT molecular complexity index is 1290. The molecule has 5 rings (SSSR count). The minimum absolute atomic E-state index is 0.116. The molecule has 4 heterocycles. The van der Waals surface area contributed by atoms with Crippen molar-refractivity contribution >= 4 is 29.0 Å². The number of nitrogens with zero attached hydrogens (tertiary/aromatic N) is 5. The van der Waals surface area contributed by atoms with Gasteiger partial charge in [-0.2, -0.15) is 0 Å². The first-order valence-corrected chi connectivity index (χ1v) is 9.88. The van der Waals surface area contributed by atoms with Crippen LogP contribution in [0.5, 0.6) is 0 Å². The zero-order valence-electron chi connectivity index (χ0n) is 17.2. The Balaban J connectivity index is 1.45. The third-order valence-corrected chi connectivity index (χ3v) is 5.47. The third-order valence-electron chi connectivity index (χ3n) is 5.47. The molecule has 8 nitrogen and oxygen atoms in total. The quantitative estimate of drug-likeness (QED) is 0.383. The van der Waals surface area contributed by atoms with Crippen LogP contribution in [0.3, 0.4) is 0 Å². The van der Waals surface area contributed by atoms with E-state index in [2.05, 4.69) is 19.9 Å². The number of nitrogens with one attached hydrogen (secondary N) is 1. The molecule has 0 atom stereocenters. The molecular formula is C22H21FN7O+. The van der Waals surface area contributed by atoms with Gasteiger partial charge in [0.1, 0.15) is 42.0 Å². The number of rotatable bonds is 4. The van der Waals surface area contributed by atoms with Crippen molar-refractivity contribution in [2.24, 2.45) is 0 Å². The summed E-state index contributed by atoms with van der Waals surface area (Å²) >= 11 is 0. The van der Waals surface area contributed by atoms with Gasteiger partial charge in [0.25, 0.3) is 0 Å². The number of nitrogen functional groups attached to an aromatic ring is 1. The predicted octanol–water partition coefficient (Wildman–Crippen LogP) is 2.54. The second-order valence-corrected chi connectivity index (χ2v) is 7.71. The summed E-state index contributed by atoms with van der Waals surface area (Å²) in [6.07, 6.45) is 5.81. The maximum Gasteiger partial charge on any atom is 0.191 e. The summed E-state index contributed by atoms with van der Waals surface area (Å²) in [5.74, 6) is 1.85. The van der Waals surface area contributed by atoms with Gasteiger partial charge < -0.3 is 15.1 Å². The third kappa shape index (κ3) is 3.37. The van der Waals surface area contributed by atoms with Gasteiger partial charge in [-0.05, 0) is 12.1 Å². The van der Waals surface area contributed by atoms with Gasteiger partial charge in [-0.25, -0.2) is 23.9 Å². The predicted molar refractivity (Wildman–Crippen MR) is 115 cm³/mol. The lowest BCUT2D eigenvalue weighted by Gasteiger charge is -2.26. The molecule has 0 saturated carbocycles. The summed E-state index contributed by atoms with van der Waals surface area (Å²) in [5, 5.41) is 8.69. The molecule has 3 aromatic rings. The number of aryl methyl sites for hydroxylation is 1. The normalized spacial score (nSPS) is 15.1. The van der Waals surface area contributed by atoms with Crippen molar-refractivity contribution in [1.82, 2.24) is 15.0 Å². The number of halogens is 1. The van der Waals surface area contributed by atoms with Gasteiger partial charge in [0, 0.05) is 42.8 Å². The molecule has 0 radical (unpaired) electrons. The van der Waals surface area contributed by atoms with Crippen LogP contribution >= 0.6 is 0 Å². The van der Waals surface area contributed by atoms with Gasteiger partial charge in [0.05, 0.1) is 18.0 Å². The van der Waals surface area contributed by atoms with Crippen LogP contribution in [-0.2, 0) is 13.0 Å². The molecule has 0 spiro atoms. The second-order valence-electron chi connectivity index (χ2n) is 7.71. The lowest BCUT2D eigenvalue weighted by atomic mass is 9.97. The van der Waals surface area contributed by atoms with Crippen molar-refractivity contribution < 1.29 is 13.4 Å². The smallest absolute Gasteiger partial charge is 0.191 e. The van der Waals surface area contributed by atoms with Crippen molar-refractivity contribution in [3.63, 3.8) is 0 Å². The van der Waals surface area contributed by atoms with E-state index in [-0.39, 0.29) is 11.4 Å². The molecule has 156 valence electrons. The fourth-order valence-electron chi connectivity index (χ4n) is 3.91. The largest absolute Gasteiger partial charge is 0.446 e. The summed E-state index contributed by atoms with van der Waals surface area (Å²) in [4.78, 5) is 15.2. The van der Waals surface area contributed by atoms with Gasteiger partial charge in [0.15, 0.2) is 18.3 Å². The van der Waals surface area contributed by atoms with Gasteiger partial charge in [-0.3, -0.25) is 5.41 Å². The van der Waals surface area contributed by atoms with Crippen molar-refractivity contribution in [3.05, 3.63) is 70.7 Å². The first-order chi connectivity index (χ1) is 14.9. The van der Waals surface area contributed by atoms with Gasteiger partial charge in [-0.15, -0.1) is 0 Å². The number of fused-ring (bicyclic) bond motifs is 1. The number of anilines is 2. The Morgan fingerprint density at radius 1 is 1.29 bits per heavy atom. The summed E-state index contributed by atoms with van der Waals surface area (Å²) < 4.78 is 21.9. The first kappa shape index (κ1) is 19.1. The number of nitrogens with two attached hydrogens (primary N) is 1. The van der Waals surface area contributed by atoms with Gasteiger partial charge >= 0.3 is 0 Å². The van der Waals surface area contributed by atoms with E-state index in [4.69, 9.17) is 15.6 Å². The minimum atomic E-state index is -0.417. The van der Waals surface area contributed by atoms with E-state index in [1.54, 1.807) is 12.1 Å². The maximum atomic E-state index is 14.4. The summed E-state index contributed by atoms with van der Waals surface area (Å²) in [5.41, 5.74) is 9.28. The Morgan fingerprint density at radius 3 is 2.87 bits per heavy atom. The zero-order chi connectivity index (χ0) is 21.7. The summed E-state index contributed by atoms with van der Waals surface area (Å²) in [7, 11) is 1.87. The first-order valence-electron chi connectivity index (χ1n) is 9.88. The van der Waals surface area contributed by atoms with Crippen molar-refractivity contribution in [2.45, 2.75) is 19.9 Å². The van der Waals surface area contributed by atoms with E-state index in [1.807, 2.05) is 31.0 Å². The summed E-state index contributed by atoms with van der Waals surface area (Å²) in [6, 6.07) is 4.62. The molecule has 0 bridgehead atoms. The number of hydrogen-bond acceptors (Lipinski definition) is 7. The van der Waals surface area contributed by atoms with Crippen LogP contribution in [0.1, 0.15) is 34.2 Å². The highest BCUT2D eigenvalue weighted by molar-refractivity contribution is 6.15. The van der Waals surface area contributed by atoms with E-state index in [0.29, 0.717) is 35.1 Å². The lowest BCUT2D eigenvalue weighted by molar-refractivity contribution is -0.423. The molecule has 1 aromatic carbocycles. The van der Waals surface area contributed by atoms with Crippen LogP contribution in [0.4, 0.5) is 15.9 Å². The topological polar surface area (TPSA) is 108 Å². The number of benzene rings is 1. The lowest BCUT2D eigenvalue weighted by Crippen LogP contribution is -2.31. The molecule has 0 aliphatic carbocycles. The summed E-state index contributed by atoms with van der Waals surface area (Å²) in [6.45, 7) is 3.14. The SMILES string of the molecule is Cc1nc2c(o1)CCN(c1cc(C(=N)c3cc(C4=C[N+](C)=C4)c(F)cc3N)ncn1)C2. The maximum absolute atomic E-state index is 14.4. The standard InChI is InChI=1S/C22H21FN7O/c1-12-28-19-10-30(4-3-20(19)31-12)21-7-18(26-11-27-21)22(25)15-5-14(13-8-29(2)9-13)16(23)6-17(15)24/h5-9,11,25H,3-4,10,24H2,1-2H3/q+1. The molecule has 2 aromatic heterocycles. The van der Waals surface area contributed by atoms with E-state index >= 15 is 0 Å². The average Bonchev–Trinajstić information content (AvgIpc) is 3.11. The number of allylic oxidation sites excluding steroid dienone is 1. The van der Waals surface area contributed by atoms with Gasteiger partial charge in [0.2, 0.25) is 0 Å². The molecule has 0 unspecified atom stereocenters. The van der Waals surface area contributed by atoms with E-state index < -0.39 is 5.82 Å². The number of hydrogen-bond donors (Lipinski definition) is 2. The Morgan fingerprint density at radius 2 is 2.10 bits per heavy atom. The molecular weight excluding hydrogens is 397 g/mol. The van der Waals surface area contributed by atoms with Crippen LogP contribution in [-0.4, -0.2) is 45.0 Å².